The van der Waals surface area contributed by atoms with Crippen molar-refractivity contribution >= 4 is 5.91 Å². The lowest BCUT2D eigenvalue weighted by molar-refractivity contribution is -0.160. The Morgan fingerprint density at radius 2 is 1.79 bits per heavy atom. The summed E-state index contributed by atoms with van der Waals surface area (Å²) in [7, 11) is 0. The average molecular weight is 338 g/mol. The molecule has 0 bridgehead atoms. The second kappa shape index (κ2) is 6.28. The highest BCUT2D eigenvalue weighted by Gasteiger charge is 2.55. The molecular weight excluding hydrogens is 302 g/mol. The lowest BCUT2D eigenvalue weighted by Crippen LogP contribution is -2.55. The fourth-order valence-corrected chi connectivity index (χ4v) is 5.81. The van der Waals surface area contributed by atoms with Crippen LogP contribution >= 0.6 is 0 Å². The largest absolute Gasteiger partial charge is 0.390 e. The van der Waals surface area contributed by atoms with Gasteiger partial charge < -0.3 is 14.7 Å². The predicted octanol–water partition coefficient (Wildman–Crippen LogP) is 3.23. The van der Waals surface area contributed by atoms with E-state index >= 15 is 0 Å². The summed E-state index contributed by atoms with van der Waals surface area (Å²) in [5.41, 5.74) is -0.184. The van der Waals surface area contributed by atoms with Crippen LogP contribution in [-0.4, -0.2) is 47.8 Å². The molecule has 0 aromatic carbocycles. The maximum atomic E-state index is 12.7. The number of fused-ring (bicyclic) bond motifs is 1. The molecule has 1 aliphatic heterocycles. The Balaban J connectivity index is 1.73. The van der Waals surface area contributed by atoms with Gasteiger partial charge in [-0.25, -0.2) is 0 Å². The van der Waals surface area contributed by atoms with E-state index in [9.17, 15) is 9.90 Å². The van der Waals surface area contributed by atoms with Gasteiger partial charge in [-0.2, -0.15) is 0 Å². The number of nitrogens with zero attached hydrogens (tertiary/aromatic N) is 1. The van der Waals surface area contributed by atoms with Crippen LogP contribution in [0, 0.1) is 22.7 Å². The third-order valence-electron chi connectivity index (χ3n) is 7.35. The topological polar surface area (TPSA) is 49.8 Å². The van der Waals surface area contributed by atoms with Gasteiger partial charge in [-0.15, -0.1) is 0 Å². The highest BCUT2D eigenvalue weighted by Crippen LogP contribution is 2.61. The molecular formula is C20H35NO3. The molecule has 3 fully saturated rings. The number of carbonyl (C=O) groups is 1. The van der Waals surface area contributed by atoms with E-state index in [1.54, 1.807) is 0 Å². The van der Waals surface area contributed by atoms with E-state index in [0.717, 1.165) is 12.8 Å². The Morgan fingerprint density at radius 1 is 1.12 bits per heavy atom. The Bertz CT molecular complexity index is 481. The van der Waals surface area contributed by atoms with E-state index in [1.807, 2.05) is 11.8 Å². The molecule has 0 spiro atoms. The SMILES string of the molecule is CC1(C)CCCC2(C)CC(CC(=O)N3CCOCC3)C(C)(O)CC12. The Morgan fingerprint density at radius 3 is 2.46 bits per heavy atom. The first kappa shape index (κ1) is 18.2. The van der Waals surface area contributed by atoms with Crippen LogP contribution in [0.2, 0.25) is 0 Å². The quantitative estimate of drug-likeness (QED) is 0.841. The zero-order valence-corrected chi connectivity index (χ0v) is 15.9. The van der Waals surface area contributed by atoms with Crippen molar-refractivity contribution in [3.05, 3.63) is 0 Å². The monoisotopic (exact) mass is 337 g/mol. The molecule has 3 aliphatic rings. The summed E-state index contributed by atoms with van der Waals surface area (Å²) in [6.45, 7) is 11.8. The van der Waals surface area contributed by atoms with E-state index in [-0.39, 0.29) is 22.7 Å². The van der Waals surface area contributed by atoms with E-state index in [2.05, 4.69) is 20.8 Å². The molecule has 4 unspecified atom stereocenters. The molecule has 0 radical (unpaired) electrons. The third kappa shape index (κ3) is 3.37. The van der Waals surface area contributed by atoms with Gasteiger partial charge in [-0.3, -0.25) is 4.79 Å². The van der Waals surface area contributed by atoms with Crippen LogP contribution < -0.4 is 0 Å². The van der Waals surface area contributed by atoms with Crippen molar-refractivity contribution in [2.75, 3.05) is 26.3 Å². The first-order valence-electron chi connectivity index (χ1n) is 9.72. The molecule has 4 nitrogen and oxygen atoms in total. The summed E-state index contributed by atoms with van der Waals surface area (Å²) in [6, 6.07) is 0. The standard InChI is InChI=1S/C20H35NO3/c1-18(2)6-5-7-19(3)13-15(20(4,23)14-16(18)19)12-17(22)21-8-10-24-11-9-21/h15-16,23H,5-14H2,1-4H3. The van der Waals surface area contributed by atoms with Gasteiger partial charge in [0.25, 0.3) is 0 Å². The number of ether oxygens (including phenoxy) is 1. The molecule has 1 saturated heterocycles. The smallest absolute Gasteiger partial charge is 0.223 e. The molecule has 1 amide bonds. The van der Waals surface area contributed by atoms with Crippen LogP contribution in [-0.2, 0) is 9.53 Å². The van der Waals surface area contributed by atoms with Crippen molar-refractivity contribution in [1.29, 1.82) is 0 Å². The summed E-state index contributed by atoms with van der Waals surface area (Å²) in [5.74, 6) is 0.812. The van der Waals surface area contributed by atoms with Gasteiger partial charge in [0, 0.05) is 19.5 Å². The molecule has 138 valence electrons. The van der Waals surface area contributed by atoms with Crippen molar-refractivity contribution in [3.8, 4) is 0 Å². The maximum absolute atomic E-state index is 12.7. The van der Waals surface area contributed by atoms with Crippen molar-refractivity contribution in [2.45, 2.75) is 71.8 Å². The summed E-state index contributed by atoms with van der Waals surface area (Å²) in [5, 5.41) is 11.2. The molecule has 4 atom stereocenters. The fraction of sp³-hybridized carbons (Fsp3) is 0.950. The second-order valence-corrected chi connectivity index (χ2v) is 9.71. The number of hydrogen-bond donors (Lipinski definition) is 1. The number of carbonyl (C=O) groups excluding carboxylic acids is 1. The minimum Gasteiger partial charge on any atom is -0.390 e. The van der Waals surface area contributed by atoms with Crippen LogP contribution in [0.25, 0.3) is 0 Å². The zero-order chi connectivity index (χ0) is 17.6. The van der Waals surface area contributed by atoms with Gasteiger partial charge in [0.15, 0.2) is 0 Å². The fourth-order valence-electron chi connectivity index (χ4n) is 5.81. The minimum absolute atomic E-state index is 0.0722. The summed E-state index contributed by atoms with van der Waals surface area (Å²) in [6.07, 6.45) is 6.05. The Hall–Kier alpha value is -0.610. The van der Waals surface area contributed by atoms with E-state index < -0.39 is 5.60 Å². The molecule has 3 rings (SSSR count). The summed E-state index contributed by atoms with van der Waals surface area (Å²) >= 11 is 0. The van der Waals surface area contributed by atoms with Crippen molar-refractivity contribution in [3.63, 3.8) is 0 Å². The lowest BCUT2D eigenvalue weighted by atomic mass is 9.47. The molecule has 1 N–H and O–H groups in total. The van der Waals surface area contributed by atoms with E-state index in [4.69, 9.17) is 4.74 Å². The molecule has 0 aromatic rings. The third-order valence-corrected chi connectivity index (χ3v) is 7.35. The van der Waals surface area contributed by atoms with Crippen molar-refractivity contribution in [1.82, 2.24) is 4.90 Å². The van der Waals surface area contributed by atoms with E-state index in [0.29, 0.717) is 38.6 Å². The van der Waals surface area contributed by atoms with Crippen molar-refractivity contribution in [2.24, 2.45) is 22.7 Å². The minimum atomic E-state index is -0.735. The lowest BCUT2D eigenvalue weighted by Gasteiger charge is -2.59. The van der Waals surface area contributed by atoms with Crippen molar-refractivity contribution < 1.29 is 14.6 Å². The zero-order valence-electron chi connectivity index (χ0n) is 15.9. The highest BCUT2D eigenvalue weighted by molar-refractivity contribution is 5.76. The van der Waals surface area contributed by atoms with Gasteiger partial charge in [0.05, 0.1) is 18.8 Å². The molecule has 2 saturated carbocycles. The molecule has 2 aliphatic carbocycles. The van der Waals surface area contributed by atoms with Gasteiger partial charge in [-0.05, 0) is 55.3 Å². The summed E-state index contributed by atoms with van der Waals surface area (Å²) < 4.78 is 5.35. The maximum Gasteiger partial charge on any atom is 0.223 e. The first-order chi connectivity index (χ1) is 11.1. The van der Waals surface area contributed by atoms with Crippen LogP contribution in [0.3, 0.4) is 0 Å². The molecule has 1 heterocycles. The molecule has 4 heteroatoms. The second-order valence-electron chi connectivity index (χ2n) is 9.71. The number of morpholine rings is 1. The van der Waals surface area contributed by atoms with Gasteiger partial charge in [-0.1, -0.05) is 27.2 Å². The van der Waals surface area contributed by atoms with Gasteiger partial charge in [0.1, 0.15) is 0 Å². The summed E-state index contributed by atoms with van der Waals surface area (Å²) in [4.78, 5) is 14.6. The van der Waals surface area contributed by atoms with Gasteiger partial charge >= 0.3 is 0 Å². The normalized spacial score (nSPS) is 42.5. The predicted molar refractivity (Wildman–Crippen MR) is 94.6 cm³/mol. The Kier molecular flexibility index (Phi) is 4.76. The van der Waals surface area contributed by atoms with Crippen LogP contribution in [0.15, 0.2) is 0 Å². The van der Waals surface area contributed by atoms with Crippen LogP contribution in [0.1, 0.15) is 66.2 Å². The number of aliphatic hydroxyl groups is 1. The van der Waals surface area contributed by atoms with Gasteiger partial charge in [0.2, 0.25) is 5.91 Å². The first-order valence-corrected chi connectivity index (χ1v) is 9.72. The average Bonchev–Trinajstić information content (AvgIpc) is 2.50. The number of amides is 1. The molecule has 0 aromatic heterocycles. The highest BCUT2D eigenvalue weighted by atomic mass is 16.5. The van der Waals surface area contributed by atoms with Crippen LogP contribution in [0.4, 0.5) is 0 Å². The number of rotatable bonds is 2. The Labute approximate surface area is 146 Å². The molecule has 24 heavy (non-hydrogen) atoms. The van der Waals surface area contributed by atoms with Crippen LogP contribution in [0.5, 0.6) is 0 Å². The number of hydrogen-bond acceptors (Lipinski definition) is 3. The van der Waals surface area contributed by atoms with E-state index in [1.165, 1.54) is 19.3 Å².